The van der Waals surface area contributed by atoms with E-state index in [4.69, 9.17) is 23.2 Å². The average Bonchev–Trinajstić information content (AvgIpc) is 2.28. The first kappa shape index (κ1) is 12.2. The van der Waals surface area contributed by atoms with E-state index in [9.17, 15) is 0 Å². The highest BCUT2D eigenvalue weighted by Gasteiger charge is 2.18. The second-order valence-electron chi connectivity index (χ2n) is 4.16. The number of hydrogen-bond acceptors (Lipinski definition) is 2. The van der Waals surface area contributed by atoms with E-state index in [0.717, 1.165) is 26.2 Å². The molecule has 1 aromatic carbocycles. The molecular formula is C12H16Cl2N2. The van der Waals surface area contributed by atoms with Gasteiger partial charge in [-0.3, -0.25) is 4.90 Å². The topological polar surface area (TPSA) is 15.3 Å². The lowest BCUT2D eigenvalue weighted by Crippen LogP contribution is -2.44. The third-order valence-electron chi connectivity index (χ3n) is 3.07. The number of nitrogens with one attached hydrogen (secondary N) is 1. The first-order chi connectivity index (χ1) is 7.66. The Balaban J connectivity index is 2.15. The van der Waals surface area contributed by atoms with Crippen molar-refractivity contribution in [2.24, 2.45) is 0 Å². The van der Waals surface area contributed by atoms with E-state index in [0.29, 0.717) is 16.1 Å². The standard InChI is InChI=1S/C12H16Cl2N2/c1-9(16-4-2-15-3-5-16)10-6-11(13)8-12(14)7-10/h6-9,15H,2-5H2,1H3/t9-/m1/s1. The Morgan fingerprint density at radius 2 is 1.69 bits per heavy atom. The lowest BCUT2D eigenvalue weighted by Gasteiger charge is -2.33. The van der Waals surface area contributed by atoms with Crippen LogP contribution >= 0.6 is 23.2 Å². The van der Waals surface area contributed by atoms with Gasteiger partial charge in [0.25, 0.3) is 0 Å². The van der Waals surface area contributed by atoms with Crippen molar-refractivity contribution in [2.75, 3.05) is 26.2 Å². The third-order valence-corrected chi connectivity index (χ3v) is 3.50. The van der Waals surface area contributed by atoms with Crippen LogP contribution in [-0.2, 0) is 0 Å². The molecule has 0 bridgehead atoms. The Kier molecular flexibility index (Phi) is 4.09. The SMILES string of the molecule is C[C@H](c1cc(Cl)cc(Cl)c1)N1CCNCC1. The maximum atomic E-state index is 6.02. The molecule has 2 rings (SSSR count). The summed E-state index contributed by atoms with van der Waals surface area (Å²) in [6.07, 6.45) is 0. The smallest absolute Gasteiger partial charge is 0.0424 e. The van der Waals surface area contributed by atoms with Gasteiger partial charge in [0.15, 0.2) is 0 Å². The molecule has 1 atom stereocenters. The molecule has 2 nitrogen and oxygen atoms in total. The van der Waals surface area contributed by atoms with E-state index in [2.05, 4.69) is 17.1 Å². The van der Waals surface area contributed by atoms with E-state index in [1.807, 2.05) is 12.1 Å². The monoisotopic (exact) mass is 258 g/mol. The van der Waals surface area contributed by atoms with Crippen molar-refractivity contribution in [2.45, 2.75) is 13.0 Å². The Bertz CT molecular complexity index is 342. The Morgan fingerprint density at radius 3 is 2.25 bits per heavy atom. The predicted molar refractivity (Wildman–Crippen MR) is 69.3 cm³/mol. The molecule has 1 heterocycles. The maximum absolute atomic E-state index is 6.02. The molecule has 0 aromatic heterocycles. The molecule has 16 heavy (non-hydrogen) atoms. The van der Waals surface area contributed by atoms with E-state index in [1.165, 1.54) is 5.56 Å². The van der Waals surface area contributed by atoms with Gasteiger partial charge in [-0.05, 0) is 30.7 Å². The molecule has 0 spiro atoms. The third kappa shape index (κ3) is 2.89. The Morgan fingerprint density at radius 1 is 1.12 bits per heavy atom. The van der Waals surface area contributed by atoms with Gasteiger partial charge >= 0.3 is 0 Å². The molecule has 1 saturated heterocycles. The van der Waals surface area contributed by atoms with Crippen molar-refractivity contribution >= 4 is 23.2 Å². The van der Waals surface area contributed by atoms with Gasteiger partial charge in [-0.15, -0.1) is 0 Å². The molecule has 1 N–H and O–H groups in total. The van der Waals surface area contributed by atoms with Crippen LogP contribution in [0.3, 0.4) is 0 Å². The van der Waals surface area contributed by atoms with Crippen LogP contribution in [-0.4, -0.2) is 31.1 Å². The summed E-state index contributed by atoms with van der Waals surface area (Å²) in [4.78, 5) is 2.44. The van der Waals surface area contributed by atoms with Gasteiger partial charge in [0.2, 0.25) is 0 Å². The van der Waals surface area contributed by atoms with Gasteiger partial charge in [-0.1, -0.05) is 23.2 Å². The largest absolute Gasteiger partial charge is 0.314 e. The molecule has 0 amide bonds. The lowest BCUT2D eigenvalue weighted by molar-refractivity contribution is 0.185. The fraction of sp³-hybridized carbons (Fsp3) is 0.500. The van der Waals surface area contributed by atoms with Crippen LogP contribution in [0.1, 0.15) is 18.5 Å². The fourth-order valence-corrected chi connectivity index (χ4v) is 2.64. The van der Waals surface area contributed by atoms with Crippen LogP contribution in [0.4, 0.5) is 0 Å². The summed E-state index contributed by atoms with van der Waals surface area (Å²) in [5, 5.41) is 4.77. The highest BCUT2D eigenvalue weighted by Crippen LogP contribution is 2.26. The number of nitrogens with zero attached hydrogens (tertiary/aromatic N) is 1. The molecule has 0 unspecified atom stereocenters. The maximum Gasteiger partial charge on any atom is 0.0424 e. The van der Waals surface area contributed by atoms with Crippen molar-refractivity contribution in [3.63, 3.8) is 0 Å². The van der Waals surface area contributed by atoms with Gasteiger partial charge in [0, 0.05) is 42.3 Å². The van der Waals surface area contributed by atoms with Crippen LogP contribution in [0.15, 0.2) is 18.2 Å². The summed E-state index contributed by atoms with van der Waals surface area (Å²) in [7, 11) is 0. The van der Waals surface area contributed by atoms with Crippen LogP contribution in [0.5, 0.6) is 0 Å². The molecule has 0 saturated carbocycles. The average molecular weight is 259 g/mol. The molecule has 1 aliphatic heterocycles. The minimum atomic E-state index is 0.373. The zero-order valence-corrected chi connectivity index (χ0v) is 10.9. The molecule has 4 heteroatoms. The van der Waals surface area contributed by atoms with Gasteiger partial charge in [0.05, 0.1) is 0 Å². The van der Waals surface area contributed by atoms with Crippen molar-refractivity contribution in [3.8, 4) is 0 Å². The van der Waals surface area contributed by atoms with Crippen molar-refractivity contribution in [1.29, 1.82) is 0 Å². The summed E-state index contributed by atoms with van der Waals surface area (Å²) >= 11 is 12.0. The molecular weight excluding hydrogens is 243 g/mol. The van der Waals surface area contributed by atoms with E-state index in [-0.39, 0.29) is 0 Å². The lowest BCUT2D eigenvalue weighted by atomic mass is 10.1. The first-order valence-corrected chi connectivity index (χ1v) is 6.33. The van der Waals surface area contributed by atoms with Crippen LogP contribution < -0.4 is 5.32 Å². The summed E-state index contributed by atoms with van der Waals surface area (Å²) < 4.78 is 0. The van der Waals surface area contributed by atoms with Crippen molar-refractivity contribution in [3.05, 3.63) is 33.8 Å². The minimum Gasteiger partial charge on any atom is -0.314 e. The zero-order valence-electron chi connectivity index (χ0n) is 9.34. The Hall–Kier alpha value is -0.280. The minimum absolute atomic E-state index is 0.373. The summed E-state index contributed by atoms with van der Waals surface area (Å²) in [5.74, 6) is 0. The number of benzene rings is 1. The normalized spacial score (nSPS) is 19.7. The quantitative estimate of drug-likeness (QED) is 0.878. The number of piperazine rings is 1. The van der Waals surface area contributed by atoms with E-state index >= 15 is 0 Å². The van der Waals surface area contributed by atoms with Crippen LogP contribution in [0, 0.1) is 0 Å². The molecule has 88 valence electrons. The molecule has 1 fully saturated rings. The molecule has 1 aromatic rings. The number of hydrogen-bond donors (Lipinski definition) is 1. The number of halogens is 2. The second kappa shape index (κ2) is 5.37. The molecule has 0 aliphatic carbocycles. The summed E-state index contributed by atoms with van der Waals surface area (Å²) in [5.41, 5.74) is 1.19. The highest BCUT2D eigenvalue weighted by atomic mass is 35.5. The first-order valence-electron chi connectivity index (χ1n) is 5.57. The highest BCUT2D eigenvalue weighted by molar-refractivity contribution is 6.34. The van der Waals surface area contributed by atoms with Crippen LogP contribution in [0.2, 0.25) is 10.0 Å². The van der Waals surface area contributed by atoms with Gasteiger partial charge < -0.3 is 5.32 Å². The van der Waals surface area contributed by atoms with Gasteiger partial charge in [-0.25, -0.2) is 0 Å². The zero-order chi connectivity index (χ0) is 11.5. The van der Waals surface area contributed by atoms with E-state index < -0.39 is 0 Å². The predicted octanol–water partition coefficient (Wildman–Crippen LogP) is 2.96. The fourth-order valence-electron chi connectivity index (χ4n) is 2.10. The van der Waals surface area contributed by atoms with Gasteiger partial charge in [0.1, 0.15) is 0 Å². The number of rotatable bonds is 2. The summed E-state index contributed by atoms with van der Waals surface area (Å²) in [6.45, 7) is 6.46. The van der Waals surface area contributed by atoms with Crippen molar-refractivity contribution in [1.82, 2.24) is 10.2 Å². The van der Waals surface area contributed by atoms with E-state index in [1.54, 1.807) is 6.07 Å². The van der Waals surface area contributed by atoms with Crippen molar-refractivity contribution < 1.29 is 0 Å². The Labute approximate surface area is 107 Å². The van der Waals surface area contributed by atoms with Crippen LogP contribution in [0.25, 0.3) is 0 Å². The molecule has 1 aliphatic rings. The second-order valence-corrected chi connectivity index (χ2v) is 5.04. The van der Waals surface area contributed by atoms with Gasteiger partial charge in [-0.2, -0.15) is 0 Å². The summed E-state index contributed by atoms with van der Waals surface area (Å²) in [6, 6.07) is 6.15. The molecule has 0 radical (unpaired) electrons.